The average Bonchev–Trinajstić information content (AvgIpc) is 3.06. The lowest BCUT2D eigenvalue weighted by Crippen LogP contribution is -2.34. The third-order valence-corrected chi connectivity index (χ3v) is 5.68. The van der Waals surface area contributed by atoms with Gasteiger partial charge in [0.05, 0.1) is 5.92 Å². The zero-order valence-electron chi connectivity index (χ0n) is 11.1. The summed E-state index contributed by atoms with van der Waals surface area (Å²) in [5.74, 6) is 1.82. The Morgan fingerprint density at radius 3 is 3.21 bits per heavy atom. The fourth-order valence-corrected chi connectivity index (χ4v) is 4.68. The Morgan fingerprint density at radius 1 is 1.47 bits per heavy atom. The second kappa shape index (κ2) is 5.84. The van der Waals surface area contributed by atoms with Gasteiger partial charge in [-0.05, 0) is 55.0 Å². The molecule has 2 atom stereocenters. The Hall–Kier alpha value is -0.540. The molecule has 4 heteroatoms. The highest BCUT2D eigenvalue weighted by Gasteiger charge is 2.33. The fourth-order valence-electron chi connectivity index (χ4n) is 3.39. The van der Waals surface area contributed by atoms with Crippen LogP contribution >= 0.6 is 22.9 Å². The molecule has 0 N–H and O–H groups in total. The summed E-state index contributed by atoms with van der Waals surface area (Å²) in [6.07, 6.45) is 5.51. The normalized spacial score (nSPS) is 26.5. The molecule has 0 saturated carbocycles. The molecule has 104 valence electrons. The Bertz CT molecular complexity index is 459. The van der Waals surface area contributed by atoms with Crippen LogP contribution in [0.5, 0.6) is 0 Å². The summed E-state index contributed by atoms with van der Waals surface area (Å²) in [5.41, 5.74) is 1.31. The minimum Gasteiger partial charge on any atom is -0.342 e. The van der Waals surface area contributed by atoms with Crippen molar-refractivity contribution < 1.29 is 4.79 Å². The minimum atomic E-state index is 0.129. The Balaban J connectivity index is 1.69. The van der Waals surface area contributed by atoms with Crippen LogP contribution in [0.3, 0.4) is 0 Å². The van der Waals surface area contributed by atoms with E-state index in [0.717, 1.165) is 45.2 Å². The van der Waals surface area contributed by atoms with Crippen molar-refractivity contribution >= 4 is 28.8 Å². The van der Waals surface area contributed by atoms with Gasteiger partial charge < -0.3 is 4.90 Å². The molecule has 1 saturated heterocycles. The van der Waals surface area contributed by atoms with Crippen molar-refractivity contribution in [2.24, 2.45) is 5.92 Å². The van der Waals surface area contributed by atoms with Crippen molar-refractivity contribution in [3.8, 4) is 0 Å². The molecular formula is C15H20ClNOS. The first-order valence-electron chi connectivity index (χ1n) is 7.20. The largest absolute Gasteiger partial charge is 0.342 e. The van der Waals surface area contributed by atoms with E-state index >= 15 is 0 Å². The maximum atomic E-state index is 12.7. The van der Waals surface area contributed by atoms with Crippen LogP contribution in [0.25, 0.3) is 0 Å². The molecule has 0 aromatic carbocycles. The van der Waals surface area contributed by atoms with Crippen molar-refractivity contribution in [3.63, 3.8) is 0 Å². The number of halogens is 1. The smallest absolute Gasteiger partial charge is 0.230 e. The summed E-state index contributed by atoms with van der Waals surface area (Å²) in [6, 6.07) is 2.16. The van der Waals surface area contributed by atoms with Crippen molar-refractivity contribution in [2.75, 3.05) is 19.0 Å². The van der Waals surface area contributed by atoms with Gasteiger partial charge in [0.1, 0.15) is 0 Å². The van der Waals surface area contributed by atoms with Crippen molar-refractivity contribution in [3.05, 3.63) is 21.9 Å². The molecule has 1 fully saturated rings. The maximum Gasteiger partial charge on any atom is 0.230 e. The van der Waals surface area contributed by atoms with E-state index in [1.165, 1.54) is 10.4 Å². The van der Waals surface area contributed by atoms with E-state index in [4.69, 9.17) is 11.6 Å². The quantitative estimate of drug-likeness (QED) is 0.780. The van der Waals surface area contributed by atoms with E-state index in [1.54, 1.807) is 0 Å². The molecule has 1 amide bonds. The lowest BCUT2D eigenvalue weighted by atomic mass is 9.87. The van der Waals surface area contributed by atoms with Crippen LogP contribution in [0.4, 0.5) is 0 Å². The molecule has 2 heterocycles. The molecule has 2 unspecified atom stereocenters. The lowest BCUT2D eigenvalue weighted by molar-refractivity contribution is -0.132. The Kier molecular flexibility index (Phi) is 4.13. The zero-order chi connectivity index (χ0) is 13.2. The molecule has 3 rings (SSSR count). The first-order valence-corrected chi connectivity index (χ1v) is 8.62. The number of hydrogen-bond donors (Lipinski definition) is 0. The third-order valence-electron chi connectivity index (χ3n) is 4.46. The standard InChI is InChI=1S/C15H20ClNOS/c16-7-4-11-5-8-17(10-11)15(18)13-2-1-3-14-12(13)6-9-19-14/h6,9,11,13H,1-5,7-8,10H2. The average molecular weight is 298 g/mol. The van der Waals surface area contributed by atoms with E-state index < -0.39 is 0 Å². The van der Waals surface area contributed by atoms with E-state index in [-0.39, 0.29) is 5.92 Å². The van der Waals surface area contributed by atoms with Gasteiger partial charge in [-0.25, -0.2) is 0 Å². The molecule has 19 heavy (non-hydrogen) atoms. The molecule has 1 aromatic heterocycles. The highest BCUT2D eigenvalue weighted by Crippen LogP contribution is 2.37. The highest BCUT2D eigenvalue weighted by molar-refractivity contribution is 7.10. The summed E-state index contributed by atoms with van der Waals surface area (Å²) < 4.78 is 0. The van der Waals surface area contributed by atoms with Crippen LogP contribution in [0.15, 0.2) is 11.4 Å². The topological polar surface area (TPSA) is 20.3 Å². The minimum absolute atomic E-state index is 0.129. The Morgan fingerprint density at radius 2 is 2.37 bits per heavy atom. The lowest BCUT2D eigenvalue weighted by Gasteiger charge is -2.26. The Labute approximate surface area is 123 Å². The fraction of sp³-hybridized carbons (Fsp3) is 0.667. The van der Waals surface area contributed by atoms with Crippen molar-refractivity contribution in [1.29, 1.82) is 0 Å². The highest BCUT2D eigenvalue weighted by atomic mass is 35.5. The van der Waals surface area contributed by atoms with E-state index in [1.807, 2.05) is 11.3 Å². The second-order valence-corrected chi connectivity index (χ2v) is 7.04. The molecule has 1 aromatic rings. The number of rotatable bonds is 3. The molecule has 0 spiro atoms. The zero-order valence-corrected chi connectivity index (χ0v) is 12.7. The first kappa shape index (κ1) is 13.4. The number of likely N-dealkylation sites (tertiary alicyclic amines) is 1. The van der Waals surface area contributed by atoms with Gasteiger partial charge in [0, 0.05) is 23.8 Å². The molecule has 2 aliphatic rings. The molecule has 1 aliphatic carbocycles. The van der Waals surface area contributed by atoms with E-state index in [9.17, 15) is 4.79 Å². The number of hydrogen-bond acceptors (Lipinski definition) is 2. The molecule has 1 aliphatic heterocycles. The van der Waals surface area contributed by atoms with Crippen molar-refractivity contribution in [2.45, 2.75) is 38.0 Å². The first-order chi connectivity index (χ1) is 9.29. The summed E-state index contributed by atoms with van der Waals surface area (Å²) in [4.78, 5) is 16.2. The van der Waals surface area contributed by atoms with Gasteiger partial charge in [0.15, 0.2) is 0 Å². The monoisotopic (exact) mass is 297 g/mol. The van der Waals surface area contributed by atoms with Gasteiger partial charge in [-0.1, -0.05) is 0 Å². The van der Waals surface area contributed by atoms with Gasteiger partial charge in [0.25, 0.3) is 0 Å². The SMILES string of the molecule is O=C(C1CCCc2sccc21)N1CCC(CCCl)C1. The summed E-state index contributed by atoms with van der Waals surface area (Å²) >= 11 is 7.62. The van der Waals surface area contributed by atoms with Crippen LogP contribution in [0.1, 0.15) is 42.0 Å². The number of nitrogens with zero attached hydrogens (tertiary/aromatic N) is 1. The van der Waals surface area contributed by atoms with E-state index in [2.05, 4.69) is 16.3 Å². The number of aryl methyl sites for hydroxylation is 1. The number of carbonyl (C=O) groups excluding carboxylic acids is 1. The molecule has 0 radical (unpaired) electrons. The summed E-state index contributed by atoms with van der Waals surface area (Å²) in [6.45, 7) is 1.85. The number of fused-ring (bicyclic) bond motifs is 1. The summed E-state index contributed by atoms with van der Waals surface area (Å²) in [7, 11) is 0. The molecular weight excluding hydrogens is 278 g/mol. The van der Waals surface area contributed by atoms with Crippen LogP contribution < -0.4 is 0 Å². The van der Waals surface area contributed by atoms with Crippen molar-refractivity contribution in [1.82, 2.24) is 4.90 Å². The molecule has 2 nitrogen and oxygen atoms in total. The number of thiophene rings is 1. The van der Waals surface area contributed by atoms with Gasteiger partial charge >= 0.3 is 0 Å². The number of amides is 1. The second-order valence-electron chi connectivity index (χ2n) is 5.66. The number of alkyl halides is 1. The maximum absolute atomic E-state index is 12.7. The predicted octanol–water partition coefficient (Wildman–Crippen LogP) is 3.65. The van der Waals surface area contributed by atoms with Crippen LogP contribution in [-0.4, -0.2) is 29.8 Å². The van der Waals surface area contributed by atoms with Crippen LogP contribution in [0, 0.1) is 5.92 Å². The van der Waals surface area contributed by atoms with Gasteiger partial charge in [-0.15, -0.1) is 22.9 Å². The van der Waals surface area contributed by atoms with Gasteiger partial charge in [0.2, 0.25) is 5.91 Å². The summed E-state index contributed by atoms with van der Waals surface area (Å²) in [5, 5.41) is 2.14. The predicted molar refractivity (Wildman–Crippen MR) is 80.0 cm³/mol. The number of carbonyl (C=O) groups is 1. The van der Waals surface area contributed by atoms with Gasteiger partial charge in [-0.2, -0.15) is 0 Å². The third kappa shape index (κ3) is 2.68. The van der Waals surface area contributed by atoms with Crippen LogP contribution in [-0.2, 0) is 11.2 Å². The van der Waals surface area contributed by atoms with E-state index in [0.29, 0.717) is 17.7 Å². The molecule has 0 bridgehead atoms. The van der Waals surface area contributed by atoms with Crippen LogP contribution in [0.2, 0.25) is 0 Å². The van der Waals surface area contributed by atoms with Gasteiger partial charge in [-0.3, -0.25) is 4.79 Å².